The molecule has 66 valence electrons. The molecule has 0 fully saturated rings. The summed E-state index contributed by atoms with van der Waals surface area (Å²) in [7, 11) is 0. The van der Waals surface area contributed by atoms with Crippen LogP contribution in [0.15, 0.2) is 30.6 Å². The van der Waals surface area contributed by atoms with Gasteiger partial charge in [0.25, 0.3) is 0 Å². The zero-order chi connectivity index (χ0) is 8.10. The Kier molecular flexibility index (Phi) is 5.02. The van der Waals surface area contributed by atoms with Crippen LogP contribution in [0.3, 0.4) is 0 Å². The predicted molar refractivity (Wildman–Crippen MR) is 54.9 cm³/mol. The van der Waals surface area contributed by atoms with Gasteiger partial charge in [0.05, 0.1) is 0 Å². The van der Waals surface area contributed by atoms with Crippen LogP contribution in [0, 0.1) is 0 Å². The van der Waals surface area contributed by atoms with E-state index in [1.807, 2.05) is 12.3 Å². The molecule has 0 unspecified atom stereocenters. The molecule has 0 radical (unpaired) electrons. The van der Waals surface area contributed by atoms with Gasteiger partial charge in [-0.3, -0.25) is 4.98 Å². The van der Waals surface area contributed by atoms with Gasteiger partial charge < -0.3 is 0 Å². The standard InChI is InChI=1S/C10H13N.CH4/c1-3-5-9(2)10-6-4-7-11-8-10;/h4-8H,3H2,1-2H3;1H4/b9-5-;. The van der Waals surface area contributed by atoms with E-state index in [1.54, 1.807) is 6.20 Å². The molecule has 1 rings (SSSR count). The smallest absolute Gasteiger partial charge is 0.0342 e. The maximum atomic E-state index is 4.05. The Hall–Kier alpha value is -1.11. The van der Waals surface area contributed by atoms with Crippen molar-refractivity contribution in [2.75, 3.05) is 0 Å². The second-order valence-corrected chi connectivity index (χ2v) is 2.54. The van der Waals surface area contributed by atoms with Crippen LogP contribution in [0.5, 0.6) is 0 Å². The largest absolute Gasteiger partial charge is 0.264 e. The van der Waals surface area contributed by atoms with Gasteiger partial charge in [-0.05, 0) is 30.5 Å². The lowest BCUT2D eigenvalue weighted by Crippen LogP contribution is -1.79. The van der Waals surface area contributed by atoms with Gasteiger partial charge in [0.1, 0.15) is 0 Å². The van der Waals surface area contributed by atoms with Crippen LogP contribution in [0.2, 0.25) is 0 Å². The maximum absolute atomic E-state index is 4.05. The molecule has 0 saturated heterocycles. The summed E-state index contributed by atoms with van der Waals surface area (Å²) in [4.78, 5) is 4.05. The van der Waals surface area contributed by atoms with Crippen LogP contribution in [-0.4, -0.2) is 4.98 Å². The van der Waals surface area contributed by atoms with E-state index in [0.717, 1.165) is 6.42 Å². The summed E-state index contributed by atoms with van der Waals surface area (Å²) < 4.78 is 0. The summed E-state index contributed by atoms with van der Waals surface area (Å²) in [5, 5.41) is 0. The third kappa shape index (κ3) is 2.87. The first-order chi connectivity index (χ1) is 5.34. The normalized spacial score (nSPS) is 10.7. The van der Waals surface area contributed by atoms with Crippen LogP contribution in [-0.2, 0) is 0 Å². The molecule has 0 spiro atoms. The average molecular weight is 163 g/mol. The molecule has 12 heavy (non-hydrogen) atoms. The van der Waals surface area contributed by atoms with Crippen LogP contribution >= 0.6 is 0 Å². The zero-order valence-corrected chi connectivity index (χ0v) is 7.04. The van der Waals surface area contributed by atoms with E-state index in [-0.39, 0.29) is 7.43 Å². The second kappa shape index (κ2) is 5.53. The predicted octanol–water partition coefficient (Wildman–Crippen LogP) is 3.53. The van der Waals surface area contributed by atoms with Gasteiger partial charge in [0.2, 0.25) is 0 Å². The fourth-order valence-electron chi connectivity index (χ4n) is 1.02. The number of aromatic nitrogens is 1. The number of pyridine rings is 1. The second-order valence-electron chi connectivity index (χ2n) is 2.54. The Labute approximate surface area is 75.2 Å². The fraction of sp³-hybridized carbons (Fsp3) is 0.364. The van der Waals surface area contributed by atoms with E-state index >= 15 is 0 Å². The maximum Gasteiger partial charge on any atom is 0.0342 e. The summed E-state index contributed by atoms with van der Waals surface area (Å²) in [6.07, 6.45) is 6.97. The van der Waals surface area contributed by atoms with E-state index < -0.39 is 0 Å². The first-order valence-corrected chi connectivity index (χ1v) is 3.91. The molecule has 0 aliphatic rings. The highest BCUT2D eigenvalue weighted by molar-refractivity contribution is 5.62. The van der Waals surface area contributed by atoms with Gasteiger partial charge in [0.15, 0.2) is 0 Å². The zero-order valence-electron chi connectivity index (χ0n) is 7.04. The monoisotopic (exact) mass is 163 g/mol. The fourth-order valence-corrected chi connectivity index (χ4v) is 1.02. The average Bonchev–Trinajstić information content (AvgIpc) is 2.07. The number of hydrogen-bond donors (Lipinski definition) is 0. The molecule has 0 atom stereocenters. The number of rotatable bonds is 2. The molecular weight excluding hydrogens is 146 g/mol. The molecule has 0 aliphatic heterocycles. The molecule has 0 aromatic carbocycles. The van der Waals surface area contributed by atoms with Gasteiger partial charge >= 0.3 is 0 Å². The minimum Gasteiger partial charge on any atom is -0.264 e. The SMILES string of the molecule is C.CC/C=C(/C)c1cccnc1. The highest BCUT2D eigenvalue weighted by atomic mass is 14.6. The summed E-state index contributed by atoms with van der Waals surface area (Å²) >= 11 is 0. The van der Waals surface area contributed by atoms with Gasteiger partial charge in [-0.1, -0.05) is 26.5 Å². The molecule has 1 aromatic rings. The third-order valence-electron chi connectivity index (χ3n) is 1.63. The lowest BCUT2D eigenvalue weighted by molar-refractivity contribution is 1.21. The van der Waals surface area contributed by atoms with Gasteiger partial charge in [-0.2, -0.15) is 0 Å². The van der Waals surface area contributed by atoms with Crippen molar-refractivity contribution < 1.29 is 0 Å². The van der Waals surface area contributed by atoms with E-state index in [9.17, 15) is 0 Å². The van der Waals surface area contributed by atoms with Gasteiger partial charge in [-0.25, -0.2) is 0 Å². The number of nitrogens with zero attached hydrogens (tertiary/aromatic N) is 1. The lowest BCUT2D eigenvalue weighted by Gasteiger charge is -1.97. The summed E-state index contributed by atoms with van der Waals surface area (Å²) in [6, 6.07) is 4.04. The van der Waals surface area contributed by atoms with Crippen molar-refractivity contribution in [1.82, 2.24) is 4.98 Å². The Morgan fingerprint density at radius 1 is 1.58 bits per heavy atom. The number of hydrogen-bond acceptors (Lipinski definition) is 1. The Morgan fingerprint density at radius 3 is 2.83 bits per heavy atom. The molecule has 0 N–H and O–H groups in total. The van der Waals surface area contributed by atoms with E-state index in [1.165, 1.54) is 11.1 Å². The highest BCUT2D eigenvalue weighted by Crippen LogP contribution is 2.11. The van der Waals surface area contributed by atoms with Crippen LogP contribution in [0.25, 0.3) is 5.57 Å². The van der Waals surface area contributed by atoms with E-state index in [4.69, 9.17) is 0 Å². The summed E-state index contributed by atoms with van der Waals surface area (Å²) in [5.74, 6) is 0. The minimum absolute atomic E-state index is 0. The van der Waals surface area contributed by atoms with Crippen molar-refractivity contribution in [1.29, 1.82) is 0 Å². The quantitative estimate of drug-likeness (QED) is 0.650. The van der Waals surface area contributed by atoms with Crippen molar-refractivity contribution in [2.45, 2.75) is 27.7 Å². The van der Waals surface area contributed by atoms with Crippen LogP contribution < -0.4 is 0 Å². The molecule has 0 amide bonds. The Balaban J connectivity index is 0.00000121. The van der Waals surface area contributed by atoms with Crippen LogP contribution in [0.1, 0.15) is 33.3 Å². The molecule has 0 aliphatic carbocycles. The molecule has 1 heteroatoms. The minimum atomic E-state index is 0. The summed E-state index contributed by atoms with van der Waals surface area (Å²) in [5.41, 5.74) is 2.52. The first kappa shape index (κ1) is 10.9. The van der Waals surface area contributed by atoms with Crippen molar-refractivity contribution in [2.24, 2.45) is 0 Å². The van der Waals surface area contributed by atoms with E-state index in [0.29, 0.717) is 0 Å². The Morgan fingerprint density at radius 2 is 2.33 bits per heavy atom. The topological polar surface area (TPSA) is 12.9 Å². The molecule has 0 saturated carbocycles. The van der Waals surface area contributed by atoms with Crippen molar-refractivity contribution in [3.05, 3.63) is 36.2 Å². The lowest BCUT2D eigenvalue weighted by atomic mass is 10.1. The van der Waals surface area contributed by atoms with Gasteiger partial charge in [0, 0.05) is 12.4 Å². The molecular formula is C11H17N. The third-order valence-corrected chi connectivity index (χ3v) is 1.63. The van der Waals surface area contributed by atoms with Crippen LogP contribution in [0.4, 0.5) is 0 Å². The highest BCUT2D eigenvalue weighted by Gasteiger charge is 1.91. The van der Waals surface area contributed by atoms with Crippen molar-refractivity contribution in [3.8, 4) is 0 Å². The molecule has 1 nitrogen and oxygen atoms in total. The summed E-state index contributed by atoms with van der Waals surface area (Å²) in [6.45, 7) is 4.25. The van der Waals surface area contributed by atoms with Gasteiger partial charge in [-0.15, -0.1) is 0 Å². The van der Waals surface area contributed by atoms with Crippen molar-refractivity contribution in [3.63, 3.8) is 0 Å². The number of allylic oxidation sites excluding steroid dienone is 2. The molecule has 0 bridgehead atoms. The molecule has 1 heterocycles. The Bertz CT molecular complexity index is 236. The van der Waals surface area contributed by atoms with E-state index in [2.05, 4.69) is 31.0 Å². The molecule has 1 aromatic heterocycles. The van der Waals surface area contributed by atoms with Crippen molar-refractivity contribution >= 4 is 5.57 Å². The first-order valence-electron chi connectivity index (χ1n) is 3.91.